The Morgan fingerprint density at radius 3 is 2.52 bits per heavy atom. The van der Waals surface area contributed by atoms with Crippen LogP contribution in [0.15, 0.2) is 59.5 Å². The van der Waals surface area contributed by atoms with E-state index in [-0.39, 0.29) is 35.8 Å². The van der Waals surface area contributed by atoms with E-state index in [1.54, 1.807) is 42.5 Å². The summed E-state index contributed by atoms with van der Waals surface area (Å²) < 4.78 is 15.6. The number of hydrogen-bond donors (Lipinski definition) is 0. The number of hydrogen-bond acceptors (Lipinski definition) is 7. The lowest BCUT2D eigenvalue weighted by Gasteiger charge is -2.13. The van der Waals surface area contributed by atoms with Crippen LogP contribution in [-0.2, 0) is 14.3 Å². The van der Waals surface area contributed by atoms with Crippen molar-refractivity contribution in [1.82, 2.24) is 4.90 Å². The molecule has 2 aromatic carbocycles. The Kier molecular flexibility index (Phi) is 6.91. The second-order valence-electron chi connectivity index (χ2n) is 5.90. The highest BCUT2D eigenvalue weighted by molar-refractivity contribution is 8.18. The number of esters is 1. The predicted molar refractivity (Wildman–Crippen MR) is 109 cm³/mol. The van der Waals surface area contributed by atoms with Gasteiger partial charge in [0.1, 0.15) is 18.1 Å². The zero-order valence-corrected chi connectivity index (χ0v) is 16.5. The summed E-state index contributed by atoms with van der Waals surface area (Å²) in [6, 6.07) is 16.1. The average molecular weight is 413 g/mol. The molecule has 150 valence electrons. The third-order valence-corrected chi connectivity index (χ3v) is 4.89. The fourth-order valence-corrected chi connectivity index (χ4v) is 3.39. The highest BCUT2D eigenvalue weighted by Gasteiger charge is 2.35. The molecular formula is C21H19NO6S. The fourth-order valence-electron chi connectivity index (χ4n) is 2.53. The molecule has 0 spiro atoms. The first-order chi connectivity index (χ1) is 14.1. The van der Waals surface area contributed by atoms with E-state index >= 15 is 0 Å². The number of para-hydroxylation sites is 2. The van der Waals surface area contributed by atoms with Gasteiger partial charge in [-0.3, -0.25) is 14.5 Å². The molecule has 0 N–H and O–H groups in total. The average Bonchev–Trinajstić information content (AvgIpc) is 3.01. The number of rotatable bonds is 8. The van der Waals surface area contributed by atoms with Crippen molar-refractivity contribution in [2.75, 3.05) is 26.9 Å². The van der Waals surface area contributed by atoms with Crippen LogP contribution in [0.1, 0.15) is 5.56 Å². The van der Waals surface area contributed by atoms with Crippen LogP contribution in [0.2, 0.25) is 0 Å². The molecular weight excluding hydrogens is 394 g/mol. The van der Waals surface area contributed by atoms with Crippen molar-refractivity contribution < 1.29 is 28.6 Å². The van der Waals surface area contributed by atoms with Crippen LogP contribution in [0.4, 0.5) is 4.79 Å². The van der Waals surface area contributed by atoms with E-state index in [1.165, 1.54) is 7.11 Å². The maximum atomic E-state index is 12.6. The highest BCUT2D eigenvalue weighted by Crippen LogP contribution is 2.33. The van der Waals surface area contributed by atoms with Gasteiger partial charge in [0.15, 0.2) is 6.61 Å². The Morgan fingerprint density at radius 1 is 1.03 bits per heavy atom. The molecule has 1 aliphatic heterocycles. The van der Waals surface area contributed by atoms with Gasteiger partial charge in [0.25, 0.3) is 11.1 Å². The SMILES string of the molecule is COC(=O)COc1ccccc1/C=C1\SC(=O)N(CCOc2ccccc2)C1=O. The Balaban J connectivity index is 1.66. The summed E-state index contributed by atoms with van der Waals surface area (Å²) >= 11 is 0.856. The van der Waals surface area contributed by atoms with Crippen LogP contribution < -0.4 is 9.47 Å². The van der Waals surface area contributed by atoms with Crippen LogP contribution in [0.5, 0.6) is 11.5 Å². The number of nitrogens with zero attached hydrogens (tertiary/aromatic N) is 1. The van der Waals surface area contributed by atoms with Crippen molar-refractivity contribution in [3.05, 3.63) is 65.1 Å². The van der Waals surface area contributed by atoms with E-state index in [0.29, 0.717) is 17.1 Å². The maximum absolute atomic E-state index is 12.6. The Labute approximate surface area is 172 Å². The molecule has 8 heteroatoms. The molecule has 1 fully saturated rings. The summed E-state index contributed by atoms with van der Waals surface area (Å²) in [5.41, 5.74) is 0.586. The number of amides is 2. The largest absolute Gasteiger partial charge is 0.492 e. The van der Waals surface area contributed by atoms with E-state index in [2.05, 4.69) is 4.74 Å². The molecule has 2 aromatic rings. The molecule has 3 rings (SSSR count). The lowest BCUT2D eigenvalue weighted by molar-refractivity contribution is -0.142. The molecule has 7 nitrogen and oxygen atoms in total. The fraction of sp³-hybridized carbons (Fsp3) is 0.190. The zero-order chi connectivity index (χ0) is 20.6. The Bertz CT molecular complexity index is 928. The number of carbonyl (C=O) groups is 3. The van der Waals surface area contributed by atoms with E-state index in [4.69, 9.17) is 9.47 Å². The van der Waals surface area contributed by atoms with Crippen LogP contribution in [0, 0.1) is 0 Å². The molecule has 0 bridgehead atoms. The van der Waals surface area contributed by atoms with Gasteiger partial charge in [-0.2, -0.15) is 0 Å². The molecule has 0 radical (unpaired) electrons. The molecule has 0 atom stereocenters. The maximum Gasteiger partial charge on any atom is 0.343 e. The molecule has 0 unspecified atom stereocenters. The van der Waals surface area contributed by atoms with Crippen molar-refractivity contribution in [2.24, 2.45) is 0 Å². The number of carbonyl (C=O) groups excluding carboxylic acids is 3. The van der Waals surface area contributed by atoms with Crippen molar-refractivity contribution >= 4 is 35.0 Å². The van der Waals surface area contributed by atoms with E-state index in [9.17, 15) is 14.4 Å². The number of ether oxygens (including phenoxy) is 3. The van der Waals surface area contributed by atoms with Crippen LogP contribution >= 0.6 is 11.8 Å². The first-order valence-corrected chi connectivity index (χ1v) is 9.62. The molecule has 1 aliphatic rings. The van der Waals surface area contributed by atoms with Gasteiger partial charge < -0.3 is 14.2 Å². The molecule has 29 heavy (non-hydrogen) atoms. The topological polar surface area (TPSA) is 82.1 Å². The Hall–Kier alpha value is -3.26. The summed E-state index contributed by atoms with van der Waals surface area (Å²) in [4.78, 5) is 37.6. The number of methoxy groups -OCH3 is 1. The summed E-state index contributed by atoms with van der Waals surface area (Å²) in [5, 5.41) is -0.356. The number of imide groups is 1. The number of benzene rings is 2. The molecule has 2 amide bonds. The third-order valence-electron chi connectivity index (χ3n) is 3.98. The quantitative estimate of drug-likeness (QED) is 0.485. The molecule has 0 saturated carbocycles. The van der Waals surface area contributed by atoms with Crippen molar-refractivity contribution in [2.45, 2.75) is 0 Å². The van der Waals surface area contributed by atoms with Gasteiger partial charge in [-0.25, -0.2) is 4.79 Å². The van der Waals surface area contributed by atoms with Gasteiger partial charge in [0.05, 0.1) is 18.6 Å². The summed E-state index contributed by atoms with van der Waals surface area (Å²) in [6.07, 6.45) is 1.58. The van der Waals surface area contributed by atoms with Gasteiger partial charge in [-0.15, -0.1) is 0 Å². The summed E-state index contributed by atoms with van der Waals surface area (Å²) in [6.45, 7) is 0.102. The third kappa shape index (κ3) is 5.39. The second-order valence-corrected chi connectivity index (χ2v) is 6.89. The van der Waals surface area contributed by atoms with Gasteiger partial charge in [0.2, 0.25) is 0 Å². The van der Waals surface area contributed by atoms with Gasteiger partial charge in [-0.05, 0) is 36.0 Å². The standard InChI is InChI=1S/C21H19NO6S/c1-26-19(23)14-28-17-10-6-5-7-15(17)13-18-20(24)22(21(25)29-18)11-12-27-16-8-3-2-4-9-16/h2-10,13H,11-12,14H2,1H3/b18-13-. The normalized spacial score (nSPS) is 14.9. The van der Waals surface area contributed by atoms with Gasteiger partial charge in [0, 0.05) is 5.56 Å². The van der Waals surface area contributed by atoms with Crippen LogP contribution in [-0.4, -0.2) is 48.9 Å². The van der Waals surface area contributed by atoms with E-state index < -0.39 is 5.97 Å². The van der Waals surface area contributed by atoms with Crippen LogP contribution in [0.3, 0.4) is 0 Å². The minimum Gasteiger partial charge on any atom is -0.492 e. The predicted octanol–water partition coefficient (Wildman–Crippen LogP) is 3.35. The van der Waals surface area contributed by atoms with Gasteiger partial charge in [-0.1, -0.05) is 36.4 Å². The van der Waals surface area contributed by atoms with Crippen LogP contribution in [0.25, 0.3) is 6.08 Å². The molecule has 1 heterocycles. The lowest BCUT2D eigenvalue weighted by Crippen LogP contribution is -2.32. The first kappa shape index (κ1) is 20.5. The summed E-state index contributed by atoms with van der Waals surface area (Å²) in [5.74, 6) is 0.182. The first-order valence-electron chi connectivity index (χ1n) is 8.80. The minimum atomic E-state index is -0.515. The zero-order valence-electron chi connectivity index (χ0n) is 15.7. The van der Waals surface area contributed by atoms with E-state index in [0.717, 1.165) is 16.7 Å². The Morgan fingerprint density at radius 2 is 1.76 bits per heavy atom. The molecule has 0 aliphatic carbocycles. The smallest absolute Gasteiger partial charge is 0.343 e. The van der Waals surface area contributed by atoms with E-state index in [1.807, 2.05) is 18.2 Å². The van der Waals surface area contributed by atoms with Crippen molar-refractivity contribution in [1.29, 1.82) is 0 Å². The van der Waals surface area contributed by atoms with Gasteiger partial charge >= 0.3 is 5.97 Å². The highest BCUT2D eigenvalue weighted by atomic mass is 32.2. The lowest BCUT2D eigenvalue weighted by atomic mass is 10.2. The number of thioether (sulfide) groups is 1. The minimum absolute atomic E-state index is 0.150. The molecule has 0 aromatic heterocycles. The van der Waals surface area contributed by atoms with Crippen molar-refractivity contribution in [3.63, 3.8) is 0 Å². The molecule has 1 saturated heterocycles. The summed E-state index contributed by atoms with van der Waals surface area (Å²) in [7, 11) is 1.27. The monoisotopic (exact) mass is 413 g/mol. The second kappa shape index (κ2) is 9.79. The van der Waals surface area contributed by atoms with Crippen molar-refractivity contribution in [3.8, 4) is 11.5 Å².